The molecule has 0 aromatic heterocycles. The predicted molar refractivity (Wildman–Crippen MR) is 83.5 cm³/mol. The van der Waals surface area contributed by atoms with E-state index in [0.29, 0.717) is 11.1 Å². The van der Waals surface area contributed by atoms with Crippen molar-refractivity contribution >= 4 is 17.5 Å². The molecule has 1 atom stereocenters. The van der Waals surface area contributed by atoms with E-state index in [1.807, 2.05) is 6.07 Å². The van der Waals surface area contributed by atoms with E-state index in [1.165, 1.54) is 6.07 Å². The van der Waals surface area contributed by atoms with Crippen LogP contribution in [0.5, 0.6) is 0 Å². The first kappa shape index (κ1) is 16.6. The Morgan fingerprint density at radius 3 is 2.26 bits per heavy atom. The second-order valence-corrected chi connectivity index (χ2v) is 4.96. The van der Waals surface area contributed by atoms with Crippen LogP contribution in [0, 0.1) is 0 Å². The van der Waals surface area contributed by atoms with Crippen LogP contribution in [0.3, 0.4) is 0 Å². The minimum atomic E-state index is -1.52. The molecule has 2 aromatic carbocycles. The lowest BCUT2D eigenvalue weighted by Gasteiger charge is -2.15. The number of ketones is 2. The molecule has 23 heavy (non-hydrogen) atoms. The highest BCUT2D eigenvalue weighted by Crippen LogP contribution is 2.22. The molecular formula is C18H16O5. The van der Waals surface area contributed by atoms with Crippen molar-refractivity contribution < 1.29 is 24.2 Å². The van der Waals surface area contributed by atoms with E-state index in [-0.39, 0.29) is 18.0 Å². The summed E-state index contributed by atoms with van der Waals surface area (Å²) >= 11 is 0. The van der Waals surface area contributed by atoms with Crippen LogP contribution >= 0.6 is 0 Å². The number of carbonyl (C=O) groups is 3. The highest BCUT2D eigenvalue weighted by Gasteiger charge is 2.21. The average molecular weight is 312 g/mol. The average Bonchev–Trinajstić information content (AvgIpc) is 2.59. The fraction of sp³-hybridized carbons (Fsp3) is 0.167. The number of ether oxygens (including phenoxy) is 1. The largest absolute Gasteiger partial charge is 0.475 e. The molecule has 0 amide bonds. The summed E-state index contributed by atoms with van der Waals surface area (Å²) in [5.41, 5.74) is 1.05. The summed E-state index contributed by atoms with van der Waals surface area (Å²) in [5, 5.41) is 8.86. The van der Waals surface area contributed by atoms with Gasteiger partial charge in [0.15, 0.2) is 5.78 Å². The fourth-order valence-electron chi connectivity index (χ4n) is 2.17. The molecule has 1 unspecified atom stereocenters. The van der Waals surface area contributed by atoms with Crippen LogP contribution in [0.15, 0.2) is 54.6 Å². The number of hydrogen-bond donors (Lipinski definition) is 1. The molecule has 0 fully saturated rings. The zero-order valence-corrected chi connectivity index (χ0v) is 12.6. The summed E-state index contributed by atoms with van der Waals surface area (Å²) in [6, 6.07) is 15.0. The van der Waals surface area contributed by atoms with E-state index >= 15 is 0 Å². The molecule has 0 saturated carbocycles. The number of carboxylic acid groups (broad SMARTS) is 1. The molecule has 0 bridgehead atoms. The monoisotopic (exact) mass is 312 g/mol. The van der Waals surface area contributed by atoms with E-state index in [0.717, 1.165) is 0 Å². The number of carboxylic acids is 1. The minimum absolute atomic E-state index is 0.0691. The van der Waals surface area contributed by atoms with Gasteiger partial charge in [0.05, 0.1) is 6.10 Å². The molecule has 1 N–H and O–H groups in total. The summed E-state index contributed by atoms with van der Waals surface area (Å²) in [5.74, 6) is -2.70. The van der Waals surface area contributed by atoms with Gasteiger partial charge in [-0.1, -0.05) is 54.6 Å². The van der Waals surface area contributed by atoms with Crippen molar-refractivity contribution in [1.82, 2.24) is 0 Å². The maximum Gasteiger partial charge on any atom is 0.377 e. The standard InChI is InChI=1S/C18H16O5/c1-12(23-11-16(19)13-7-3-2-4-8-13)14-9-5-6-10-15(14)17(20)18(21)22/h2-10,12H,11H2,1H3,(H,21,22). The van der Waals surface area contributed by atoms with Crippen molar-refractivity contribution in [3.8, 4) is 0 Å². The van der Waals surface area contributed by atoms with Gasteiger partial charge in [-0.3, -0.25) is 9.59 Å². The molecule has 0 aliphatic rings. The number of aliphatic carboxylic acids is 1. The van der Waals surface area contributed by atoms with Crippen molar-refractivity contribution in [3.05, 3.63) is 71.3 Å². The second-order valence-electron chi connectivity index (χ2n) is 4.96. The third-order valence-corrected chi connectivity index (χ3v) is 3.40. The minimum Gasteiger partial charge on any atom is -0.475 e. The Balaban J connectivity index is 2.10. The van der Waals surface area contributed by atoms with Gasteiger partial charge in [0.25, 0.3) is 5.78 Å². The highest BCUT2D eigenvalue weighted by molar-refractivity contribution is 6.40. The number of carbonyl (C=O) groups excluding carboxylic acids is 2. The lowest BCUT2D eigenvalue weighted by Crippen LogP contribution is -2.18. The number of benzene rings is 2. The Labute approximate surface area is 133 Å². The molecule has 2 aromatic rings. The van der Waals surface area contributed by atoms with Crippen LogP contribution in [-0.4, -0.2) is 29.2 Å². The second kappa shape index (κ2) is 7.47. The van der Waals surface area contributed by atoms with Gasteiger partial charge >= 0.3 is 5.97 Å². The quantitative estimate of drug-likeness (QED) is 0.628. The van der Waals surface area contributed by atoms with E-state index < -0.39 is 17.9 Å². The van der Waals surface area contributed by atoms with Gasteiger partial charge in [0.1, 0.15) is 6.61 Å². The Kier molecular flexibility index (Phi) is 5.38. The molecule has 0 saturated heterocycles. The van der Waals surface area contributed by atoms with Gasteiger partial charge < -0.3 is 9.84 Å². The zero-order valence-electron chi connectivity index (χ0n) is 12.6. The van der Waals surface area contributed by atoms with Crippen molar-refractivity contribution in [1.29, 1.82) is 0 Å². The Morgan fingerprint density at radius 1 is 1.00 bits per heavy atom. The van der Waals surface area contributed by atoms with Crippen molar-refractivity contribution in [2.45, 2.75) is 13.0 Å². The number of rotatable bonds is 7. The molecule has 0 aliphatic heterocycles. The molecule has 2 rings (SSSR count). The van der Waals surface area contributed by atoms with Gasteiger partial charge in [0.2, 0.25) is 0 Å². The molecular weight excluding hydrogens is 296 g/mol. The Hall–Kier alpha value is -2.79. The lowest BCUT2D eigenvalue weighted by atomic mass is 10.00. The van der Waals surface area contributed by atoms with Gasteiger partial charge in [-0.2, -0.15) is 0 Å². The van der Waals surface area contributed by atoms with Gasteiger partial charge in [-0.25, -0.2) is 4.79 Å². The Bertz CT molecular complexity index is 721. The number of hydrogen-bond acceptors (Lipinski definition) is 4. The summed E-state index contributed by atoms with van der Waals surface area (Å²) in [7, 11) is 0. The van der Waals surface area contributed by atoms with Gasteiger partial charge in [0, 0.05) is 11.1 Å². The first-order chi connectivity index (χ1) is 11.0. The first-order valence-electron chi connectivity index (χ1n) is 7.07. The summed E-state index contributed by atoms with van der Waals surface area (Å²) in [6.45, 7) is 1.52. The fourth-order valence-corrected chi connectivity index (χ4v) is 2.17. The molecule has 5 heteroatoms. The number of Topliss-reactive ketones (excluding diaryl/α,β-unsaturated/α-hetero) is 2. The third-order valence-electron chi connectivity index (χ3n) is 3.40. The van der Waals surface area contributed by atoms with E-state index in [2.05, 4.69) is 0 Å². The van der Waals surface area contributed by atoms with Crippen LogP contribution < -0.4 is 0 Å². The molecule has 0 heterocycles. The van der Waals surface area contributed by atoms with E-state index in [4.69, 9.17) is 9.84 Å². The van der Waals surface area contributed by atoms with Crippen LogP contribution in [0.25, 0.3) is 0 Å². The van der Waals surface area contributed by atoms with E-state index in [9.17, 15) is 14.4 Å². The van der Waals surface area contributed by atoms with Crippen LogP contribution in [0.2, 0.25) is 0 Å². The predicted octanol–water partition coefficient (Wildman–Crippen LogP) is 2.91. The molecule has 118 valence electrons. The molecule has 0 spiro atoms. The maximum absolute atomic E-state index is 12.0. The van der Waals surface area contributed by atoms with Crippen LogP contribution in [-0.2, 0) is 9.53 Å². The van der Waals surface area contributed by atoms with Crippen LogP contribution in [0.4, 0.5) is 0 Å². The van der Waals surface area contributed by atoms with Gasteiger partial charge in [-0.15, -0.1) is 0 Å². The normalized spacial score (nSPS) is 11.7. The van der Waals surface area contributed by atoms with Crippen molar-refractivity contribution in [3.63, 3.8) is 0 Å². The Morgan fingerprint density at radius 2 is 1.61 bits per heavy atom. The zero-order chi connectivity index (χ0) is 16.8. The maximum atomic E-state index is 12.0. The topological polar surface area (TPSA) is 80.7 Å². The SMILES string of the molecule is CC(OCC(=O)c1ccccc1)c1ccccc1C(=O)C(=O)O. The summed E-state index contributed by atoms with van der Waals surface area (Å²) in [6.07, 6.45) is -0.581. The van der Waals surface area contributed by atoms with Crippen molar-refractivity contribution in [2.75, 3.05) is 6.61 Å². The summed E-state index contributed by atoms with van der Waals surface area (Å²) in [4.78, 5) is 34.6. The lowest BCUT2D eigenvalue weighted by molar-refractivity contribution is -0.131. The molecule has 0 radical (unpaired) electrons. The molecule has 0 aliphatic carbocycles. The van der Waals surface area contributed by atoms with E-state index in [1.54, 1.807) is 49.4 Å². The first-order valence-corrected chi connectivity index (χ1v) is 7.07. The third kappa shape index (κ3) is 4.11. The van der Waals surface area contributed by atoms with Crippen LogP contribution in [0.1, 0.15) is 39.3 Å². The highest BCUT2D eigenvalue weighted by atomic mass is 16.5. The smallest absolute Gasteiger partial charge is 0.377 e. The summed E-state index contributed by atoms with van der Waals surface area (Å²) < 4.78 is 5.52. The van der Waals surface area contributed by atoms with Gasteiger partial charge in [-0.05, 0) is 12.5 Å². The van der Waals surface area contributed by atoms with Crippen molar-refractivity contribution in [2.24, 2.45) is 0 Å². The molecule has 5 nitrogen and oxygen atoms in total.